The second-order valence-electron chi connectivity index (χ2n) is 8.08. The first kappa shape index (κ1) is 20.7. The van der Waals surface area contributed by atoms with E-state index in [1.807, 2.05) is 0 Å². The van der Waals surface area contributed by atoms with E-state index in [0.29, 0.717) is 18.2 Å². The first-order chi connectivity index (χ1) is 14.5. The molecule has 0 saturated heterocycles. The Kier molecular flexibility index (Phi) is 5.99. The summed E-state index contributed by atoms with van der Waals surface area (Å²) in [7, 11) is -3.74. The van der Waals surface area contributed by atoms with Gasteiger partial charge in [-0.3, -0.25) is 4.79 Å². The molecule has 30 heavy (non-hydrogen) atoms. The van der Waals surface area contributed by atoms with Gasteiger partial charge in [0.25, 0.3) is 0 Å². The van der Waals surface area contributed by atoms with Gasteiger partial charge in [0.1, 0.15) is 4.90 Å². The maximum atomic E-state index is 13.1. The quantitative estimate of drug-likeness (QED) is 0.671. The van der Waals surface area contributed by atoms with Crippen LogP contribution < -0.4 is 15.4 Å². The van der Waals surface area contributed by atoms with E-state index in [4.69, 9.17) is 4.74 Å². The second-order valence-corrected chi connectivity index (χ2v) is 10.0. The topological polar surface area (TPSA) is 84.5 Å². The second kappa shape index (κ2) is 8.68. The maximum Gasteiger partial charge on any atom is 0.239 e. The summed E-state index contributed by atoms with van der Waals surface area (Å²) in [4.78, 5) is 12.8. The SMILES string of the molecule is CCOc1c(NCC(=O)NC2CC3CCC2C3)cccc1S(=O)(=O)c1ccccc1. The van der Waals surface area contributed by atoms with Crippen molar-refractivity contribution in [2.75, 3.05) is 18.5 Å². The summed E-state index contributed by atoms with van der Waals surface area (Å²) in [6, 6.07) is 13.5. The van der Waals surface area contributed by atoms with Gasteiger partial charge in [0, 0.05) is 6.04 Å². The molecule has 0 spiro atoms. The molecule has 2 aromatic carbocycles. The van der Waals surface area contributed by atoms with Crippen molar-refractivity contribution in [2.45, 2.75) is 48.4 Å². The molecule has 160 valence electrons. The molecule has 2 aliphatic rings. The number of fused-ring (bicyclic) bond motifs is 2. The number of rotatable bonds is 8. The van der Waals surface area contributed by atoms with Crippen LogP contribution in [0, 0.1) is 11.8 Å². The first-order valence-corrected chi connectivity index (χ1v) is 12.1. The van der Waals surface area contributed by atoms with Crippen LogP contribution >= 0.6 is 0 Å². The molecular weight excluding hydrogens is 400 g/mol. The Morgan fingerprint density at radius 3 is 2.53 bits per heavy atom. The van der Waals surface area contributed by atoms with Gasteiger partial charge in [-0.1, -0.05) is 30.7 Å². The molecule has 3 unspecified atom stereocenters. The Balaban J connectivity index is 1.50. The Morgan fingerprint density at radius 2 is 1.87 bits per heavy atom. The number of para-hydroxylation sites is 1. The molecule has 1 amide bonds. The number of sulfone groups is 1. The number of hydrogen-bond acceptors (Lipinski definition) is 5. The molecular formula is C23H28N2O4S. The smallest absolute Gasteiger partial charge is 0.239 e. The van der Waals surface area contributed by atoms with E-state index < -0.39 is 9.84 Å². The number of benzene rings is 2. The van der Waals surface area contributed by atoms with Gasteiger partial charge in [0.05, 0.1) is 23.7 Å². The van der Waals surface area contributed by atoms with Crippen molar-refractivity contribution in [2.24, 2.45) is 11.8 Å². The van der Waals surface area contributed by atoms with E-state index >= 15 is 0 Å². The zero-order valence-corrected chi connectivity index (χ0v) is 18.0. The van der Waals surface area contributed by atoms with Gasteiger partial charge >= 0.3 is 0 Å². The molecule has 6 nitrogen and oxygen atoms in total. The van der Waals surface area contributed by atoms with Crippen molar-refractivity contribution in [1.29, 1.82) is 0 Å². The van der Waals surface area contributed by atoms with E-state index in [-0.39, 0.29) is 34.0 Å². The number of anilines is 1. The Labute approximate surface area is 177 Å². The Hall–Kier alpha value is -2.54. The van der Waals surface area contributed by atoms with E-state index in [1.54, 1.807) is 49.4 Å². The predicted octanol–water partition coefficient (Wildman–Crippen LogP) is 3.63. The third-order valence-electron chi connectivity index (χ3n) is 6.13. The normalized spacial score (nSPS) is 22.6. The summed E-state index contributed by atoms with van der Waals surface area (Å²) in [6.45, 7) is 2.19. The van der Waals surface area contributed by atoms with E-state index in [2.05, 4.69) is 10.6 Å². The molecule has 0 heterocycles. The molecule has 4 rings (SSSR count). The molecule has 2 N–H and O–H groups in total. The molecule has 0 aromatic heterocycles. The molecule has 2 fully saturated rings. The number of amides is 1. The average Bonchev–Trinajstić information content (AvgIpc) is 3.37. The highest BCUT2D eigenvalue weighted by Crippen LogP contribution is 2.44. The number of carbonyl (C=O) groups is 1. The van der Waals surface area contributed by atoms with Gasteiger partial charge in [-0.2, -0.15) is 0 Å². The van der Waals surface area contributed by atoms with Gasteiger partial charge in [0.2, 0.25) is 15.7 Å². The van der Waals surface area contributed by atoms with E-state index in [0.717, 1.165) is 12.3 Å². The minimum absolute atomic E-state index is 0.0722. The van der Waals surface area contributed by atoms with Crippen LogP contribution in [0.3, 0.4) is 0 Å². The molecule has 2 aromatic rings. The van der Waals surface area contributed by atoms with Crippen molar-refractivity contribution in [1.82, 2.24) is 5.32 Å². The lowest BCUT2D eigenvalue weighted by molar-refractivity contribution is -0.120. The molecule has 2 bridgehead atoms. The van der Waals surface area contributed by atoms with Gasteiger partial charge in [-0.15, -0.1) is 0 Å². The van der Waals surface area contributed by atoms with Crippen LogP contribution in [0.5, 0.6) is 5.75 Å². The standard InChI is InChI=1S/C23H28N2O4S/c1-2-29-23-19(24-15-22(26)25-20-14-16-11-12-17(20)13-16)9-6-10-21(23)30(27,28)18-7-4-3-5-8-18/h3-10,16-17,20,24H,2,11-15H2,1H3,(H,25,26). The van der Waals surface area contributed by atoms with Crippen LogP contribution in [0.25, 0.3) is 0 Å². The van der Waals surface area contributed by atoms with Crippen LogP contribution in [0.15, 0.2) is 58.3 Å². The number of ether oxygens (including phenoxy) is 1. The number of carbonyl (C=O) groups excluding carboxylic acids is 1. The van der Waals surface area contributed by atoms with Crippen molar-refractivity contribution in [3.05, 3.63) is 48.5 Å². The summed E-state index contributed by atoms with van der Waals surface area (Å²) >= 11 is 0. The lowest BCUT2D eigenvalue weighted by Crippen LogP contribution is -2.41. The lowest BCUT2D eigenvalue weighted by atomic mass is 9.95. The highest BCUT2D eigenvalue weighted by Gasteiger charge is 2.40. The largest absolute Gasteiger partial charge is 0.490 e. The van der Waals surface area contributed by atoms with Crippen molar-refractivity contribution in [3.8, 4) is 5.75 Å². The summed E-state index contributed by atoms with van der Waals surface area (Å²) in [5.74, 6) is 1.54. The van der Waals surface area contributed by atoms with Crippen molar-refractivity contribution in [3.63, 3.8) is 0 Å². The summed E-state index contributed by atoms with van der Waals surface area (Å²) < 4.78 is 32.0. The maximum absolute atomic E-state index is 13.1. The van der Waals surface area contributed by atoms with Crippen LogP contribution in [0.1, 0.15) is 32.6 Å². The van der Waals surface area contributed by atoms with Crippen LogP contribution in [-0.2, 0) is 14.6 Å². The van der Waals surface area contributed by atoms with Crippen molar-refractivity contribution < 1.29 is 17.9 Å². The van der Waals surface area contributed by atoms with E-state index in [1.165, 1.54) is 25.3 Å². The summed E-state index contributed by atoms with van der Waals surface area (Å²) in [6.07, 6.45) is 4.80. The van der Waals surface area contributed by atoms with Crippen LogP contribution in [0.4, 0.5) is 5.69 Å². The molecule has 3 atom stereocenters. The Bertz CT molecular complexity index is 1010. The van der Waals surface area contributed by atoms with Crippen LogP contribution in [0.2, 0.25) is 0 Å². The number of hydrogen-bond donors (Lipinski definition) is 2. The summed E-state index contributed by atoms with van der Waals surface area (Å²) in [5.41, 5.74) is 0.497. The zero-order valence-electron chi connectivity index (χ0n) is 17.1. The average molecular weight is 429 g/mol. The Morgan fingerprint density at radius 1 is 1.07 bits per heavy atom. The predicted molar refractivity (Wildman–Crippen MR) is 115 cm³/mol. The van der Waals surface area contributed by atoms with Crippen molar-refractivity contribution >= 4 is 21.4 Å². The van der Waals surface area contributed by atoms with Gasteiger partial charge in [-0.05, 0) is 62.3 Å². The summed E-state index contributed by atoms with van der Waals surface area (Å²) in [5, 5.41) is 6.22. The third-order valence-corrected chi connectivity index (χ3v) is 7.93. The fourth-order valence-corrected chi connectivity index (χ4v) is 6.18. The fourth-order valence-electron chi connectivity index (χ4n) is 4.74. The lowest BCUT2D eigenvalue weighted by Gasteiger charge is -2.23. The zero-order chi connectivity index (χ0) is 21.1. The molecule has 0 radical (unpaired) electrons. The molecule has 2 aliphatic carbocycles. The van der Waals surface area contributed by atoms with E-state index in [9.17, 15) is 13.2 Å². The molecule has 0 aliphatic heterocycles. The monoisotopic (exact) mass is 428 g/mol. The van der Waals surface area contributed by atoms with Crippen LogP contribution in [-0.4, -0.2) is 33.5 Å². The fraction of sp³-hybridized carbons (Fsp3) is 0.435. The molecule has 2 saturated carbocycles. The van der Waals surface area contributed by atoms with Gasteiger partial charge < -0.3 is 15.4 Å². The third kappa shape index (κ3) is 4.17. The minimum Gasteiger partial charge on any atom is -0.490 e. The first-order valence-electron chi connectivity index (χ1n) is 10.6. The highest BCUT2D eigenvalue weighted by molar-refractivity contribution is 7.91. The van der Waals surface area contributed by atoms with Gasteiger partial charge in [-0.25, -0.2) is 8.42 Å². The minimum atomic E-state index is -3.74. The highest BCUT2D eigenvalue weighted by atomic mass is 32.2. The number of nitrogens with one attached hydrogen (secondary N) is 2. The molecule has 7 heteroatoms. The van der Waals surface area contributed by atoms with Gasteiger partial charge in [0.15, 0.2) is 5.75 Å².